The highest BCUT2D eigenvalue weighted by molar-refractivity contribution is 5.95. The van der Waals surface area contributed by atoms with Crippen LogP contribution in [0, 0.1) is 19.7 Å². The summed E-state index contributed by atoms with van der Waals surface area (Å²) in [5.74, 6) is -1.42. The van der Waals surface area contributed by atoms with Gasteiger partial charge in [-0.1, -0.05) is 6.07 Å². The first-order valence-electron chi connectivity index (χ1n) is 6.24. The number of anilines is 1. The lowest BCUT2D eigenvalue weighted by Crippen LogP contribution is -2.21. The van der Waals surface area contributed by atoms with Crippen LogP contribution in [0.4, 0.5) is 10.1 Å². The lowest BCUT2D eigenvalue weighted by Gasteiger charge is -2.07. The molecule has 0 bridgehead atoms. The monoisotopic (exact) mass is 291 g/mol. The smallest absolute Gasteiger partial charge is 0.342 e. The van der Waals surface area contributed by atoms with Crippen molar-refractivity contribution >= 4 is 17.6 Å². The van der Waals surface area contributed by atoms with E-state index in [9.17, 15) is 14.0 Å². The number of rotatable bonds is 4. The number of hydrogen-bond acceptors (Lipinski definition) is 4. The van der Waals surface area contributed by atoms with Crippen LogP contribution in [-0.4, -0.2) is 18.5 Å². The Morgan fingerprint density at radius 1 is 1.29 bits per heavy atom. The van der Waals surface area contributed by atoms with E-state index in [1.165, 1.54) is 24.5 Å². The third-order valence-corrected chi connectivity index (χ3v) is 2.81. The fourth-order valence-electron chi connectivity index (χ4n) is 1.71. The molecule has 0 saturated carbocycles. The number of furan rings is 1. The molecule has 0 saturated heterocycles. The molecule has 0 atom stereocenters. The minimum atomic E-state index is -0.666. The molecule has 0 radical (unpaired) electrons. The number of amides is 1. The summed E-state index contributed by atoms with van der Waals surface area (Å²) in [6.45, 7) is 2.85. The molecule has 1 N–H and O–H groups in total. The van der Waals surface area contributed by atoms with Gasteiger partial charge in [-0.2, -0.15) is 0 Å². The van der Waals surface area contributed by atoms with E-state index in [1.54, 1.807) is 19.9 Å². The average molecular weight is 291 g/mol. The molecular weight excluding hydrogens is 277 g/mol. The van der Waals surface area contributed by atoms with Crippen LogP contribution in [0.25, 0.3) is 0 Å². The van der Waals surface area contributed by atoms with Crippen molar-refractivity contribution in [1.82, 2.24) is 0 Å². The molecule has 1 aromatic heterocycles. The Morgan fingerprint density at radius 3 is 2.67 bits per heavy atom. The maximum atomic E-state index is 13.6. The first-order chi connectivity index (χ1) is 9.97. The molecule has 1 aromatic carbocycles. The summed E-state index contributed by atoms with van der Waals surface area (Å²) in [5.41, 5.74) is 1.04. The molecule has 6 heteroatoms. The van der Waals surface area contributed by atoms with Crippen molar-refractivity contribution in [2.75, 3.05) is 11.9 Å². The topological polar surface area (TPSA) is 68.5 Å². The summed E-state index contributed by atoms with van der Waals surface area (Å²) in [4.78, 5) is 23.3. The zero-order valence-corrected chi connectivity index (χ0v) is 11.6. The van der Waals surface area contributed by atoms with E-state index < -0.39 is 24.3 Å². The van der Waals surface area contributed by atoms with Gasteiger partial charge in [0.05, 0.1) is 12.0 Å². The maximum Gasteiger partial charge on any atom is 0.342 e. The van der Waals surface area contributed by atoms with Gasteiger partial charge in [0.2, 0.25) is 0 Å². The Labute approximate surface area is 120 Å². The first kappa shape index (κ1) is 14.8. The number of esters is 1. The summed E-state index contributed by atoms with van der Waals surface area (Å²) in [6.07, 6.45) is 1.35. The molecule has 2 aromatic rings. The van der Waals surface area contributed by atoms with Gasteiger partial charge in [-0.25, -0.2) is 9.18 Å². The van der Waals surface area contributed by atoms with Crippen LogP contribution in [0.15, 0.2) is 34.9 Å². The van der Waals surface area contributed by atoms with Crippen molar-refractivity contribution < 1.29 is 23.1 Å². The van der Waals surface area contributed by atoms with Crippen LogP contribution in [0.2, 0.25) is 0 Å². The summed E-state index contributed by atoms with van der Waals surface area (Å²) in [6, 6.07) is 5.87. The number of benzene rings is 1. The summed E-state index contributed by atoms with van der Waals surface area (Å²) in [7, 11) is 0. The van der Waals surface area contributed by atoms with Crippen LogP contribution in [0.3, 0.4) is 0 Å². The fraction of sp³-hybridized carbons (Fsp3) is 0.200. The van der Waals surface area contributed by atoms with Gasteiger partial charge < -0.3 is 14.5 Å². The molecule has 2 rings (SSSR count). The van der Waals surface area contributed by atoms with Gasteiger partial charge in [0, 0.05) is 0 Å². The molecule has 0 spiro atoms. The lowest BCUT2D eigenvalue weighted by molar-refractivity contribution is -0.119. The van der Waals surface area contributed by atoms with Gasteiger partial charge in [-0.05, 0) is 37.6 Å². The molecule has 0 aliphatic heterocycles. The predicted molar refractivity (Wildman–Crippen MR) is 73.5 cm³/mol. The number of aryl methyl sites for hydroxylation is 2. The van der Waals surface area contributed by atoms with E-state index >= 15 is 0 Å². The van der Waals surface area contributed by atoms with Gasteiger partial charge in [-0.15, -0.1) is 0 Å². The Hall–Kier alpha value is -2.63. The molecule has 0 fully saturated rings. The van der Waals surface area contributed by atoms with E-state index in [2.05, 4.69) is 5.32 Å². The van der Waals surface area contributed by atoms with Crippen molar-refractivity contribution in [2.45, 2.75) is 13.8 Å². The lowest BCUT2D eigenvalue weighted by atomic mass is 10.2. The zero-order chi connectivity index (χ0) is 15.4. The molecule has 0 aliphatic carbocycles. The van der Waals surface area contributed by atoms with E-state index in [0.29, 0.717) is 5.76 Å². The van der Waals surface area contributed by atoms with E-state index in [0.717, 1.165) is 5.56 Å². The molecular formula is C15H14FNO4. The van der Waals surface area contributed by atoms with Gasteiger partial charge in [0.25, 0.3) is 5.91 Å². The highest BCUT2D eigenvalue weighted by atomic mass is 19.1. The summed E-state index contributed by atoms with van der Waals surface area (Å²) >= 11 is 0. The normalized spacial score (nSPS) is 10.2. The van der Waals surface area contributed by atoms with Crippen molar-refractivity contribution in [2.24, 2.45) is 0 Å². The summed E-state index contributed by atoms with van der Waals surface area (Å²) < 4.78 is 23.3. The third-order valence-electron chi connectivity index (χ3n) is 2.81. The molecule has 110 valence electrons. The highest BCUT2D eigenvalue weighted by Crippen LogP contribution is 2.15. The molecule has 0 aliphatic rings. The van der Waals surface area contributed by atoms with Crippen molar-refractivity contribution in [3.63, 3.8) is 0 Å². The van der Waals surface area contributed by atoms with E-state index in [1.807, 2.05) is 0 Å². The molecule has 1 amide bonds. The van der Waals surface area contributed by atoms with Crippen LogP contribution in [0.5, 0.6) is 0 Å². The van der Waals surface area contributed by atoms with E-state index in [-0.39, 0.29) is 11.3 Å². The molecule has 0 unspecified atom stereocenters. The quantitative estimate of drug-likeness (QED) is 0.879. The first-order valence-corrected chi connectivity index (χ1v) is 6.24. The maximum absolute atomic E-state index is 13.6. The van der Waals surface area contributed by atoms with Crippen LogP contribution >= 0.6 is 0 Å². The van der Waals surface area contributed by atoms with Crippen LogP contribution in [0.1, 0.15) is 21.7 Å². The molecule has 5 nitrogen and oxygen atoms in total. The number of carbonyl (C=O) groups excluding carboxylic acids is 2. The summed E-state index contributed by atoms with van der Waals surface area (Å²) in [5, 5.41) is 2.34. The van der Waals surface area contributed by atoms with Crippen LogP contribution < -0.4 is 5.32 Å². The number of nitrogens with one attached hydrogen (secondary N) is 1. The largest absolute Gasteiger partial charge is 0.469 e. The third kappa shape index (κ3) is 3.68. The van der Waals surface area contributed by atoms with Gasteiger partial charge in [-0.3, -0.25) is 4.79 Å². The van der Waals surface area contributed by atoms with Crippen molar-refractivity contribution in [3.8, 4) is 0 Å². The van der Waals surface area contributed by atoms with Crippen molar-refractivity contribution in [1.29, 1.82) is 0 Å². The second-order valence-corrected chi connectivity index (χ2v) is 4.50. The minimum Gasteiger partial charge on any atom is -0.469 e. The molecule has 1 heterocycles. The highest BCUT2D eigenvalue weighted by Gasteiger charge is 2.15. The van der Waals surface area contributed by atoms with Gasteiger partial charge in [0.1, 0.15) is 17.1 Å². The SMILES string of the molecule is Cc1ccc(NC(=O)COC(=O)c2ccoc2C)c(F)c1. The Balaban J connectivity index is 1.90. The minimum absolute atomic E-state index is 0.0427. The zero-order valence-electron chi connectivity index (χ0n) is 11.6. The standard InChI is InChI=1S/C15H14FNO4/c1-9-3-4-13(12(16)7-9)17-14(18)8-21-15(19)11-5-6-20-10(11)2/h3-7H,8H2,1-2H3,(H,17,18). The Kier molecular flexibility index (Phi) is 4.37. The van der Waals surface area contributed by atoms with Crippen molar-refractivity contribution in [3.05, 3.63) is 53.2 Å². The Bertz CT molecular complexity index is 678. The van der Waals surface area contributed by atoms with E-state index in [4.69, 9.17) is 9.15 Å². The number of ether oxygens (including phenoxy) is 1. The average Bonchev–Trinajstić information content (AvgIpc) is 2.85. The fourth-order valence-corrected chi connectivity index (χ4v) is 1.71. The number of halogens is 1. The molecule has 21 heavy (non-hydrogen) atoms. The van der Waals surface area contributed by atoms with Crippen LogP contribution in [-0.2, 0) is 9.53 Å². The second-order valence-electron chi connectivity index (χ2n) is 4.50. The second kappa shape index (κ2) is 6.21. The van der Waals surface area contributed by atoms with Gasteiger partial charge >= 0.3 is 5.97 Å². The van der Waals surface area contributed by atoms with Gasteiger partial charge in [0.15, 0.2) is 6.61 Å². The predicted octanol–water partition coefficient (Wildman–Crippen LogP) is 2.83. The number of hydrogen-bond donors (Lipinski definition) is 1. The Morgan fingerprint density at radius 2 is 2.05 bits per heavy atom. The number of carbonyl (C=O) groups is 2.